The fourth-order valence-corrected chi connectivity index (χ4v) is 2.33. The number of aromatic nitrogens is 2. The number of carbonyl (C=O) groups excluding carboxylic acids is 1. The van der Waals surface area contributed by atoms with E-state index in [1.165, 1.54) is 19.5 Å². The lowest BCUT2D eigenvalue weighted by atomic mass is 10.1. The predicted octanol–water partition coefficient (Wildman–Crippen LogP) is 2.30. The molecule has 0 atom stereocenters. The van der Waals surface area contributed by atoms with Gasteiger partial charge in [-0.15, -0.1) is 0 Å². The first-order valence-electron chi connectivity index (χ1n) is 7.76. The van der Waals surface area contributed by atoms with E-state index in [0.717, 1.165) is 31.8 Å². The fourth-order valence-electron chi connectivity index (χ4n) is 2.33. The maximum Gasteiger partial charge on any atom is 0.258 e. The normalized spacial score (nSPS) is 14.9. The molecule has 0 unspecified atom stereocenters. The minimum Gasteiger partial charge on any atom is -0.494 e. The number of methoxy groups -OCH3 is 1. The van der Waals surface area contributed by atoms with Crippen molar-refractivity contribution in [3.8, 4) is 11.5 Å². The second-order valence-electron chi connectivity index (χ2n) is 5.35. The van der Waals surface area contributed by atoms with Crippen LogP contribution in [0.1, 0.15) is 23.2 Å². The Kier molecular flexibility index (Phi) is 5.22. The topological polar surface area (TPSA) is 82.6 Å². The van der Waals surface area contributed by atoms with Gasteiger partial charge in [0.2, 0.25) is 5.95 Å². The summed E-state index contributed by atoms with van der Waals surface area (Å²) < 4.78 is 16.2. The van der Waals surface area contributed by atoms with Crippen LogP contribution in [0.5, 0.6) is 11.5 Å². The highest BCUT2D eigenvalue weighted by atomic mass is 16.5. The Hall–Kier alpha value is -2.67. The summed E-state index contributed by atoms with van der Waals surface area (Å²) in [6.07, 6.45) is 4.93. The van der Waals surface area contributed by atoms with Gasteiger partial charge in [0.1, 0.15) is 11.9 Å². The van der Waals surface area contributed by atoms with E-state index in [4.69, 9.17) is 14.2 Å². The molecule has 7 nitrogen and oxygen atoms in total. The minimum atomic E-state index is -0.280. The maximum atomic E-state index is 12.2. The van der Waals surface area contributed by atoms with E-state index >= 15 is 0 Å². The monoisotopic (exact) mass is 329 g/mol. The fraction of sp³-hybridized carbons (Fsp3) is 0.353. The third-order valence-electron chi connectivity index (χ3n) is 3.68. The molecule has 0 saturated carbocycles. The van der Waals surface area contributed by atoms with Crippen molar-refractivity contribution in [1.29, 1.82) is 0 Å². The van der Waals surface area contributed by atoms with Gasteiger partial charge in [0, 0.05) is 18.4 Å². The van der Waals surface area contributed by atoms with Crippen LogP contribution in [0.15, 0.2) is 36.7 Å². The van der Waals surface area contributed by atoms with E-state index in [-0.39, 0.29) is 18.0 Å². The molecule has 3 rings (SSSR count). The van der Waals surface area contributed by atoms with Crippen LogP contribution in [0.2, 0.25) is 0 Å². The highest BCUT2D eigenvalue weighted by Crippen LogP contribution is 2.19. The Bertz CT molecular complexity index is 667. The molecule has 0 aliphatic carbocycles. The van der Waals surface area contributed by atoms with Gasteiger partial charge in [-0.2, -0.15) is 0 Å². The number of ether oxygens (including phenoxy) is 3. The number of carbonyl (C=O) groups is 1. The zero-order valence-corrected chi connectivity index (χ0v) is 13.4. The lowest BCUT2D eigenvalue weighted by molar-refractivity contribution is 0.0256. The van der Waals surface area contributed by atoms with Crippen LogP contribution in [-0.2, 0) is 4.74 Å². The molecule has 1 aromatic carbocycles. The molecular weight excluding hydrogens is 310 g/mol. The van der Waals surface area contributed by atoms with Crippen LogP contribution in [0, 0.1) is 0 Å². The van der Waals surface area contributed by atoms with Crippen LogP contribution in [0.4, 0.5) is 5.95 Å². The zero-order chi connectivity index (χ0) is 16.8. The molecule has 0 radical (unpaired) electrons. The lowest BCUT2D eigenvalue weighted by Crippen LogP contribution is -2.25. The highest BCUT2D eigenvalue weighted by Gasteiger charge is 2.15. The molecule has 24 heavy (non-hydrogen) atoms. The highest BCUT2D eigenvalue weighted by molar-refractivity contribution is 6.03. The van der Waals surface area contributed by atoms with Gasteiger partial charge in [-0.3, -0.25) is 10.1 Å². The molecule has 2 heterocycles. The van der Waals surface area contributed by atoms with Crippen LogP contribution in [0.3, 0.4) is 0 Å². The van der Waals surface area contributed by atoms with Gasteiger partial charge in [0.15, 0.2) is 5.75 Å². The van der Waals surface area contributed by atoms with E-state index in [1.54, 1.807) is 24.3 Å². The summed E-state index contributed by atoms with van der Waals surface area (Å²) in [5, 5.41) is 2.64. The Labute approximate surface area is 140 Å². The summed E-state index contributed by atoms with van der Waals surface area (Å²) in [4.78, 5) is 20.2. The SMILES string of the molecule is COc1cnc(NC(=O)c2ccc(OC3CCOCC3)cc2)nc1. The zero-order valence-electron chi connectivity index (χ0n) is 13.4. The third kappa shape index (κ3) is 4.20. The molecule has 1 aliphatic heterocycles. The molecule has 1 N–H and O–H groups in total. The molecule has 0 spiro atoms. The number of hydrogen-bond acceptors (Lipinski definition) is 6. The predicted molar refractivity (Wildman–Crippen MR) is 87.4 cm³/mol. The summed E-state index contributed by atoms with van der Waals surface area (Å²) in [6.45, 7) is 1.46. The van der Waals surface area contributed by atoms with Crippen molar-refractivity contribution >= 4 is 11.9 Å². The van der Waals surface area contributed by atoms with E-state index in [9.17, 15) is 4.79 Å². The summed E-state index contributed by atoms with van der Waals surface area (Å²) in [6, 6.07) is 7.01. The van der Waals surface area contributed by atoms with Gasteiger partial charge in [-0.1, -0.05) is 0 Å². The van der Waals surface area contributed by atoms with Gasteiger partial charge < -0.3 is 14.2 Å². The lowest BCUT2D eigenvalue weighted by Gasteiger charge is -2.23. The van der Waals surface area contributed by atoms with Crippen molar-refractivity contribution in [1.82, 2.24) is 9.97 Å². The van der Waals surface area contributed by atoms with E-state index in [1.807, 2.05) is 0 Å². The quantitative estimate of drug-likeness (QED) is 0.906. The van der Waals surface area contributed by atoms with Crippen LogP contribution >= 0.6 is 0 Å². The number of nitrogens with one attached hydrogen (secondary N) is 1. The largest absolute Gasteiger partial charge is 0.494 e. The Morgan fingerprint density at radius 3 is 2.42 bits per heavy atom. The Morgan fingerprint density at radius 1 is 1.12 bits per heavy atom. The molecule has 1 aliphatic rings. The molecule has 1 aromatic heterocycles. The summed E-state index contributed by atoms with van der Waals surface area (Å²) in [7, 11) is 1.53. The number of nitrogens with zero attached hydrogens (tertiary/aromatic N) is 2. The minimum absolute atomic E-state index is 0.172. The van der Waals surface area contributed by atoms with Gasteiger partial charge in [-0.25, -0.2) is 9.97 Å². The van der Waals surface area contributed by atoms with Gasteiger partial charge in [-0.05, 0) is 24.3 Å². The molecule has 1 amide bonds. The summed E-state index contributed by atoms with van der Waals surface area (Å²) in [5.74, 6) is 1.22. The number of amides is 1. The molecule has 126 valence electrons. The molecule has 1 fully saturated rings. The molecule has 7 heteroatoms. The Balaban J connectivity index is 1.58. The van der Waals surface area contributed by atoms with E-state index in [2.05, 4.69) is 15.3 Å². The van der Waals surface area contributed by atoms with Crippen molar-refractivity contribution in [3.63, 3.8) is 0 Å². The van der Waals surface area contributed by atoms with Crippen LogP contribution in [0.25, 0.3) is 0 Å². The molecule has 0 bridgehead atoms. The van der Waals surface area contributed by atoms with Gasteiger partial charge >= 0.3 is 0 Å². The second-order valence-corrected chi connectivity index (χ2v) is 5.35. The molecule has 2 aromatic rings. The average molecular weight is 329 g/mol. The summed E-state index contributed by atoms with van der Waals surface area (Å²) in [5.41, 5.74) is 0.508. The average Bonchev–Trinajstić information content (AvgIpc) is 2.64. The number of benzene rings is 1. The molecular formula is C17H19N3O4. The van der Waals surface area contributed by atoms with Crippen LogP contribution < -0.4 is 14.8 Å². The smallest absolute Gasteiger partial charge is 0.258 e. The van der Waals surface area contributed by atoms with Gasteiger partial charge in [0.05, 0.1) is 32.7 Å². The van der Waals surface area contributed by atoms with Crippen LogP contribution in [-0.4, -0.2) is 42.3 Å². The first-order chi connectivity index (χ1) is 11.7. The number of anilines is 1. The first-order valence-corrected chi connectivity index (χ1v) is 7.76. The number of hydrogen-bond donors (Lipinski definition) is 1. The van der Waals surface area contributed by atoms with Crippen molar-refractivity contribution in [2.45, 2.75) is 18.9 Å². The Morgan fingerprint density at radius 2 is 1.79 bits per heavy atom. The third-order valence-corrected chi connectivity index (χ3v) is 3.68. The van der Waals surface area contributed by atoms with Crippen molar-refractivity contribution in [3.05, 3.63) is 42.2 Å². The van der Waals surface area contributed by atoms with E-state index < -0.39 is 0 Å². The summed E-state index contributed by atoms with van der Waals surface area (Å²) >= 11 is 0. The molecule has 1 saturated heterocycles. The van der Waals surface area contributed by atoms with Crippen molar-refractivity contribution in [2.75, 3.05) is 25.6 Å². The standard InChI is InChI=1S/C17H19N3O4/c1-22-15-10-18-17(19-11-15)20-16(21)12-2-4-13(5-3-12)24-14-6-8-23-9-7-14/h2-5,10-11,14H,6-9H2,1H3,(H,18,19,20,21). The number of rotatable bonds is 5. The maximum absolute atomic E-state index is 12.2. The van der Waals surface area contributed by atoms with E-state index in [0.29, 0.717) is 11.3 Å². The van der Waals surface area contributed by atoms with Gasteiger partial charge in [0.25, 0.3) is 5.91 Å². The second kappa shape index (κ2) is 7.74. The first kappa shape index (κ1) is 16.2. The van der Waals surface area contributed by atoms with Crippen molar-refractivity contribution in [2.24, 2.45) is 0 Å². The van der Waals surface area contributed by atoms with Crippen molar-refractivity contribution < 1.29 is 19.0 Å².